The van der Waals surface area contributed by atoms with Crippen molar-refractivity contribution in [1.82, 2.24) is 19.6 Å². The molecule has 8 heteroatoms. The third kappa shape index (κ3) is 7.34. The minimum atomic E-state index is -0.175. The van der Waals surface area contributed by atoms with Crippen LogP contribution < -0.4 is 4.74 Å². The molecule has 1 fully saturated rings. The predicted octanol–water partition coefficient (Wildman–Crippen LogP) is 4.66. The van der Waals surface area contributed by atoms with Gasteiger partial charge >= 0.3 is 0 Å². The van der Waals surface area contributed by atoms with Crippen LogP contribution in [0.2, 0.25) is 5.02 Å². The van der Waals surface area contributed by atoms with Crippen LogP contribution in [0, 0.1) is 5.92 Å². The zero-order valence-corrected chi connectivity index (χ0v) is 21.4. The van der Waals surface area contributed by atoms with Crippen molar-refractivity contribution < 1.29 is 14.3 Å². The number of aromatic nitrogens is 2. The van der Waals surface area contributed by atoms with E-state index in [1.807, 2.05) is 71.4 Å². The molecule has 2 heterocycles. The Bertz CT molecular complexity index is 1120. The van der Waals surface area contributed by atoms with Gasteiger partial charge in [-0.05, 0) is 36.2 Å². The Morgan fingerprint density at radius 2 is 1.97 bits per heavy atom. The van der Waals surface area contributed by atoms with E-state index in [1.165, 1.54) is 0 Å². The zero-order valence-electron chi connectivity index (χ0n) is 20.6. The van der Waals surface area contributed by atoms with E-state index in [0.29, 0.717) is 56.2 Å². The predicted molar refractivity (Wildman–Crippen MR) is 140 cm³/mol. The molecule has 0 aliphatic carbocycles. The summed E-state index contributed by atoms with van der Waals surface area (Å²) < 4.78 is 8.14. The Morgan fingerprint density at radius 3 is 2.72 bits per heavy atom. The Morgan fingerprint density at radius 1 is 1.14 bits per heavy atom. The minimum absolute atomic E-state index is 0.0385. The number of benzene rings is 2. The molecule has 0 saturated carbocycles. The number of hydrogen-bond donors (Lipinski definition) is 0. The number of carbonyl (C=O) groups excluding carboxylic acids is 2. The largest absolute Gasteiger partial charge is 0.490 e. The summed E-state index contributed by atoms with van der Waals surface area (Å²) >= 11 is 6.15. The highest BCUT2D eigenvalue weighted by molar-refractivity contribution is 6.30. The summed E-state index contributed by atoms with van der Waals surface area (Å²) in [5, 5.41) is 4.80. The second-order valence-corrected chi connectivity index (χ2v) is 9.75. The topological polar surface area (TPSA) is 67.7 Å². The fourth-order valence-corrected chi connectivity index (χ4v) is 4.79. The molecular weight excluding hydrogens is 476 g/mol. The van der Waals surface area contributed by atoms with Crippen LogP contribution in [0.1, 0.15) is 31.2 Å². The zero-order chi connectivity index (χ0) is 25.3. The molecule has 0 unspecified atom stereocenters. The molecule has 1 aromatic heterocycles. The number of halogens is 1. The second kappa shape index (κ2) is 12.6. The number of aryl methyl sites for hydroxylation is 1. The van der Waals surface area contributed by atoms with Gasteiger partial charge < -0.3 is 14.5 Å². The quantitative estimate of drug-likeness (QED) is 0.399. The molecule has 0 radical (unpaired) electrons. The van der Waals surface area contributed by atoms with Gasteiger partial charge in [0.2, 0.25) is 11.8 Å². The Labute approximate surface area is 217 Å². The van der Waals surface area contributed by atoms with Crippen LogP contribution in [-0.2, 0) is 22.7 Å². The van der Waals surface area contributed by atoms with Crippen LogP contribution >= 0.6 is 11.6 Å². The Kier molecular flexibility index (Phi) is 9.01. The second-order valence-electron chi connectivity index (χ2n) is 9.31. The monoisotopic (exact) mass is 508 g/mol. The van der Waals surface area contributed by atoms with Gasteiger partial charge in [0.25, 0.3) is 0 Å². The number of hydrogen-bond acceptors (Lipinski definition) is 4. The van der Waals surface area contributed by atoms with Gasteiger partial charge in [-0.2, -0.15) is 5.10 Å². The molecule has 0 spiro atoms. The molecule has 4 rings (SSSR count). The fraction of sp³-hybridized carbons (Fsp3) is 0.393. The smallest absolute Gasteiger partial charge is 0.223 e. The van der Waals surface area contributed by atoms with Crippen molar-refractivity contribution in [2.75, 3.05) is 20.1 Å². The Hall–Kier alpha value is -3.32. The fourth-order valence-electron chi connectivity index (χ4n) is 4.61. The van der Waals surface area contributed by atoms with Crippen LogP contribution in [0.3, 0.4) is 0 Å². The van der Waals surface area contributed by atoms with Crippen molar-refractivity contribution in [1.29, 1.82) is 0 Å². The van der Waals surface area contributed by atoms with E-state index in [9.17, 15) is 9.59 Å². The van der Waals surface area contributed by atoms with Crippen LogP contribution in [0.4, 0.5) is 0 Å². The van der Waals surface area contributed by atoms with E-state index in [4.69, 9.17) is 16.3 Å². The first-order valence-electron chi connectivity index (χ1n) is 12.4. The molecule has 7 nitrogen and oxygen atoms in total. The first-order chi connectivity index (χ1) is 17.5. The molecule has 2 aromatic carbocycles. The lowest BCUT2D eigenvalue weighted by molar-refractivity contribution is -0.139. The van der Waals surface area contributed by atoms with Gasteiger partial charge in [0.05, 0.1) is 0 Å². The average molecular weight is 509 g/mol. The molecule has 3 aromatic rings. The van der Waals surface area contributed by atoms with E-state index in [-0.39, 0.29) is 23.8 Å². The highest BCUT2D eigenvalue weighted by Crippen LogP contribution is 2.28. The van der Waals surface area contributed by atoms with E-state index in [1.54, 1.807) is 23.2 Å². The summed E-state index contributed by atoms with van der Waals surface area (Å²) in [7, 11) is 1.82. The van der Waals surface area contributed by atoms with Crippen molar-refractivity contribution in [2.24, 2.45) is 5.92 Å². The van der Waals surface area contributed by atoms with E-state index >= 15 is 0 Å². The number of likely N-dealkylation sites (tertiary alicyclic amines) is 1. The standard InChI is InChI=1S/C28H33ClN4O3/c1-31(20-22-8-3-2-4-9-22)28(35)18-23-21-32(27(34)12-6-15-33-16-7-14-30-33)17-13-26(23)36-25-11-5-10-24(29)19-25/h2-5,7-11,14,16,19,23,26H,6,12-13,15,17-18,20-21H2,1H3/t23-,26-/m0/s1. The summed E-state index contributed by atoms with van der Waals surface area (Å²) in [5.74, 6) is 0.718. The van der Waals surface area contributed by atoms with Gasteiger partial charge in [-0.1, -0.05) is 48.0 Å². The van der Waals surface area contributed by atoms with E-state index in [2.05, 4.69) is 5.10 Å². The molecule has 190 valence electrons. The van der Waals surface area contributed by atoms with Crippen LogP contribution in [0.5, 0.6) is 5.75 Å². The minimum Gasteiger partial charge on any atom is -0.490 e. The molecule has 0 N–H and O–H groups in total. The summed E-state index contributed by atoms with van der Waals surface area (Å²) in [6.07, 6.45) is 5.62. The maximum atomic E-state index is 13.2. The maximum absolute atomic E-state index is 13.2. The maximum Gasteiger partial charge on any atom is 0.223 e. The molecule has 1 saturated heterocycles. The van der Waals surface area contributed by atoms with Crippen LogP contribution in [0.15, 0.2) is 73.1 Å². The lowest BCUT2D eigenvalue weighted by Crippen LogP contribution is -2.49. The highest BCUT2D eigenvalue weighted by atomic mass is 35.5. The van der Waals surface area contributed by atoms with Gasteiger partial charge in [0, 0.05) is 75.8 Å². The lowest BCUT2D eigenvalue weighted by Gasteiger charge is -2.39. The third-order valence-electron chi connectivity index (χ3n) is 6.56. The summed E-state index contributed by atoms with van der Waals surface area (Å²) in [5.41, 5.74) is 1.08. The summed E-state index contributed by atoms with van der Waals surface area (Å²) in [4.78, 5) is 29.8. The van der Waals surface area contributed by atoms with E-state index < -0.39 is 0 Å². The number of nitrogens with zero attached hydrogens (tertiary/aromatic N) is 4. The normalized spacial score (nSPS) is 17.6. The highest BCUT2D eigenvalue weighted by Gasteiger charge is 2.35. The molecule has 2 atom stereocenters. The molecule has 1 aliphatic heterocycles. The molecule has 0 bridgehead atoms. The SMILES string of the molecule is CN(Cc1ccccc1)C(=O)C[C@H]1CN(C(=O)CCCn2cccn2)CC[C@@H]1Oc1cccc(Cl)c1. The van der Waals surface area contributed by atoms with Crippen molar-refractivity contribution in [2.45, 2.75) is 44.9 Å². The van der Waals surface area contributed by atoms with Crippen LogP contribution in [-0.4, -0.2) is 57.6 Å². The third-order valence-corrected chi connectivity index (χ3v) is 6.80. The van der Waals surface area contributed by atoms with Gasteiger partial charge in [0.1, 0.15) is 11.9 Å². The van der Waals surface area contributed by atoms with Crippen LogP contribution in [0.25, 0.3) is 0 Å². The van der Waals surface area contributed by atoms with Gasteiger partial charge in [-0.25, -0.2) is 0 Å². The van der Waals surface area contributed by atoms with Crippen molar-refractivity contribution in [3.8, 4) is 5.75 Å². The van der Waals surface area contributed by atoms with Crippen molar-refractivity contribution >= 4 is 23.4 Å². The molecular formula is C28H33ClN4O3. The van der Waals surface area contributed by atoms with Gasteiger partial charge in [0.15, 0.2) is 0 Å². The number of piperidine rings is 1. The first kappa shape index (κ1) is 25.8. The Balaban J connectivity index is 1.39. The number of rotatable bonds is 10. The summed E-state index contributed by atoms with van der Waals surface area (Å²) in [6, 6.07) is 19.1. The molecule has 2 amide bonds. The first-order valence-corrected chi connectivity index (χ1v) is 12.8. The van der Waals surface area contributed by atoms with E-state index in [0.717, 1.165) is 12.0 Å². The van der Waals surface area contributed by atoms with Gasteiger partial charge in [-0.15, -0.1) is 0 Å². The lowest BCUT2D eigenvalue weighted by atomic mass is 9.90. The van der Waals surface area contributed by atoms with Crippen molar-refractivity contribution in [3.05, 3.63) is 83.6 Å². The summed E-state index contributed by atoms with van der Waals surface area (Å²) in [6.45, 7) is 2.36. The molecule has 36 heavy (non-hydrogen) atoms. The number of amides is 2. The number of ether oxygens (including phenoxy) is 1. The van der Waals surface area contributed by atoms with Crippen molar-refractivity contribution in [3.63, 3.8) is 0 Å². The average Bonchev–Trinajstić information content (AvgIpc) is 3.39. The number of carbonyl (C=O) groups is 2. The van der Waals surface area contributed by atoms with Gasteiger partial charge in [-0.3, -0.25) is 14.3 Å². The molecule has 1 aliphatic rings.